The largest absolute Gasteiger partial charge is 0.463 e. The highest BCUT2D eigenvalue weighted by Crippen LogP contribution is 1.95. The summed E-state index contributed by atoms with van der Waals surface area (Å²) >= 11 is 0. The van der Waals surface area contributed by atoms with Crippen LogP contribution >= 0.6 is 0 Å². The number of nitrogens with one attached hydrogen (secondary N) is 2. The van der Waals surface area contributed by atoms with Gasteiger partial charge in [0.15, 0.2) is 0 Å². The molecule has 0 unspecified atom stereocenters. The molecule has 0 fully saturated rings. The van der Waals surface area contributed by atoms with Crippen molar-refractivity contribution in [3.05, 3.63) is 48.3 Å². The summed E-state index contributed by atoms with van der Waals surface area (Å²) in [7, 11) is 0. The first-order chi connectivity index (χ1) is 11.2. The molecule has 0 aromatic carbocycles. The molecule has 0 atom stereocenters. The quantitative estimate of drug-likeness (QED) is 0.542. The van der Waals surface area contributed by atoms with Gasteiger partial charge in [-0.05, 0) is 24.3 Å². The molecule has 0 aliphatic rings. The van der Waals surface area contributed by atoms with Crippen molar-refractivity contribution >= 4 is 24.2 Å². The molecule has 0 saturated heterocycles. The first kappa shape index (κ1) is 16.2. The Labute approximate surface area is 131 Å². The van der Waals surface area contributed by atoms with Gasteiger partial charge in [0.05, 0.1) is 25.0 Å². The van der Waals surface area contributed by atoms with E-state index >= 15 is 0 Å². The summed E-state index contributed by atoms with van der Waals surface area (Å²) in [5, 5.41) is 7.31. The van der Waals surface area contributed by atoms with Gasteiger partial charge in [0.2, 0.25) is 0 Å². The summed E-state index contributed by atoms with van der Waals surface area (Å²) in [6, 6.07) is 6.75. The topological polar surface area (TPSA) is 118 Å². The number of hydrogen-bond donors (Lipinski definition) is 2. The molecule has 0 spiro atoms. The Bertz CT molecular complexity index is 603. The molecule has 2 aromatic rings. The van der Waals surface area contributed by atoms with Crippen LogP contribution in [0.15, 0.2) is 55.8 Å². The van der Waals surface area contributed by atoms with Crippen LogP contribution in [0.3, 0.4) is 0 Å². The lowest BCUT2D eigenvalue weighted by Crippen LogP contribution is -2.28. The van der Waals surface area contributed by atoms with E-state index in [4.69, 9.17) is 13.6 Å². The summed E-state index contributed by atoms with van der Waals surface area (Å²) in [5.74, 6) is -0.000541. The number of nitrogens with zero attached hydrogens (tertiary/aromatic N) is 2. The van der Waals surface area contributed by atoms with E-state index in [0.717, 1.165) is 0 Å². The van der Waals surface area contributed by atoms with Gasteiger partial charge in [-0.3, -0.25) is 9.59 Å². The van der Waals surface area contributed by atoms with Gasteiger partial charge < -0.3 is 13.6 Å². The Balaban J connectivity index is 1.56. The number of ether oxygens (including phenoxy) is 1. The van der Waals surface area contributed by atoms with E-state index in [-0.39, 0.29) is 13.2 Å². The molecule has 2 aromatic heterocycles. The first-order valence-corrected chi connectivity index (χ1v) is 6.52. The van der Waals surface area contributed by atoms with E-state index in [9.17, 15) is 9.59 Å². The average molecular weight is 318 g/mol. The minimum atomic E-state index is -0.500. The van der Waals surface area contributed by atoms with Gasteiger partial charge in [0.1, 0.15) is 24.7 Å². The highest BCUT2D eigenvalue weighted by Gasteiger charge is 2.03. The second-order valence-electron chi connectivity index (χ2n) is 4.11. The molecule has 9 heteroatoms. The molecule has 2 N–H and O–H groups in total. The summed E-state index contributed by atoms with van der Waals surface area (Å²) in [5.41, 5.74) is 4.46. The molecular weight excluding hydrogens is 304 g/mol. The highest BCUT2D eigenvalue weighted by molar-refractivity contribution is 5.82. The van der Waals surface area contributed by atoms with Crippen molar-refractivity contribution in [3.63, 3.8) is 0 Å². The number of rotatable bonds is 8. The molecule has 23 heavy (non-hydrogen) atoms. The van der Waals surface area contributed by atoms with Gasteiger partial charge in [0.25, 0.3) is 11.8 Å². The van der Waals surface area contributed by atoms with E-state index in [1.807, 2.05) is 0 Å². The Morgan fingerprint density at radius 2 is 1.43 bits per heavy atom. The third-order valence-electron chi connectivity index (χ3n) is 2.31. The van der Waals surface area contributed by atoms with Crippen molar-refractivity contribution in [2.75, 3.05) is 13.2 Å². The van der Waals surface area contributed by atoms with Crippen LogP contribution in [-0.2, 0) is 14.3 Å². The molecule has 9 nitrogen and oxygen atoms in total. The monoisotopic (exact) mass is 318 g/mol. The summed E-state index contributed by atoms with van der Waals surface area (Å²) in [4.78, 5) is 22.7. The van der Waals surface area contributed by atoms with Crippen LogP contribution in [0.25, 0.3) is 0 Å². The molecule has 0 saturated carbocycles. The molecule has 120 valence electrons. The fraction of sp³-hybridized carbons (Fsp3) is 0.143. The number of carbonyl (C=O) groups excluding carboxylic acids is 2. The molecule has 0 radical (unpaired) electrons. The number of furan rings is 2. The van der Waals surface area contributed by atoms with Crippen LogP contribution in [0.2, 0.25) is 0 Å². The second kappa shape index (κ2) is 8.95. The maximum atomic E-state index is 11.4. The van der Waals surface area contributed by atoms with Crippen LogP contribution in [0.5, 0.6) is 0 Å². The zero-order chi connectivity index (χ0) is 16.3. The molecule has 0 aliphatic carbocycles. The van der Waals surface area contributed by atoms with Crippen molar-refractivity contribution in [1.82, 2.24) is 10.9 Å². The first-order valence-electron chi connectivity index (χ1n) is 6.52. The van der Waals surface area contributed by atoms with Crippen LogP contribution in [0, 0.1) is 0 Å². The lowest BCUT2D eigenvalue weighted by molar-refractivity contribution is -0.130. The predicted octanol–water partition coefficient (Wildman–Crippen LogP) is 0.490. The average Bonchev–Trinajstić information content (AvgIpc) is 3.20. The SMILES string of the molecule is O=C(COCC(=O)N/N=C/c1ccco1)N/N=C/c1ccco1. The van der Waals surface area contributed by atoms with Crippen molar-refractivity contribution in [2.45, 2.75) is 0 Å². The number of amides is 2. The Kier molecular flexibility index (Phi) is 6.29. The number of carbonyl (C=O) groups is 2. The van der Waals surface area contributed by atoms with E-state index in [1.54, 1.807) is 24.3 Å². The van der Waals surface area contributed by atoms with Gasteiger partial charge in [-0.15, -0.1) is 0 Å². The Morgan fingerprint density at radius 3 is 1.83 bits per heavy atom. The van der Waals surface area contributed by atoms with E-state index < -0.39 is 11.8 Å². The smallest absolute Gasteiger partial charge is 0.266 e. The standard InChI is InChI=1S/C14H14N4O5/c19-13(17-15-7-11-3-1-5-22-11)9-21-10-14(20)18-16-8-12-4-2-6-23-12/h1-8H,9-10H2,(H,17,19)(H,18,20)/b15-7+,16-8+. The lowest BCUT2D eigenvalue weighted by atomic mass is 10.5. The highest BCUT2D eigenvalue weighted by atomic mass is 16.5. The lowest BCUT2D eigenvalue weighted by Gasteiger charge is -2.01. The molecule has 2 rings (SSSR count). The fourth-order valence-corrected chi connectivity index (χ4v) is 1.37. The van der Waals surface area contributed by atoms with Gasteiger partial charge in [0, 0.05) is 0 Å². The normalized spacial score (nSPS) is 11.1. The van der Waals surface area contributed by atoms with Gasteiger partial charge in [-0.1, -0.05) is 0 Å². The predicted molar refractivity (Wildman–Crippen MR) is 79.7 cm³/mol. The third-order valence-corrected chi connectivity index (χ3v) is 2.31. The van der Waals surface area contributed by atoms with E-state index in [1.165, 1.54) is 25.0 Å². The molecule has 2 amide bonds. The number of hydrogen-bond acceptors (Lipinski definition) is 7. The van der Waals surface area contributed by atoms with Crippen molar-refractivity contribution < 1.29 is 23.2 Å². The van der Waals surface area contributed by atoms with Gasteiger partial charge in [-0.25, -0.2) is 10.9 Å². The Morgan fingerprint density at radius 1 is 0.957 bits per heavy atom. The molecule has 0 bridgehead atoms. The maximum Gasteiger partial charge on any atom is 0.266 e. The van der Waals surface area contributed by atoms with Gasteiger partial charge >= 0.3 is 0 Å². The summed E-state index contributed by atoms with van der Waals surface area (Å²) in [6.07, 6.45) is 5.65. The van der Waals surface area contributed by atoms with Crippen molar-refractivity contribution in [3.8, 4) is 0 Å². The van der Waals surface area contributed by atoms with Crippen molar-refractivity contribution in [2.24, 2.45) is 10.2 Å². The number of hydrazone groups is 2. The van der Waals surface area contributed by atoms with E-state index in [0.29, 0.717) is 11.5 Å². The zero-order valence-electron chi connectivity index (χ0n) is 12.0. The minimum Gasteiger partial charge on any atom is -0.463 e. The van der Waals surface area contributed by atoms with Gasteiger partial charge in [-0.2, -0.15) is 10.2 Å². The van der Waals surface area contributed by atoms with Crippen LogP contribution in [0.4, 0.5) is 0 Å². The van der Waals surface area contributed by atoms with E-state index in [2.05, 4.69) is 21.1 Å². The minimum absolute atomic E-state index is 0.315. The molecule has 2 heterocycles. The molecular formula is C14H14N4O5. The summed E-state index contributed by atoms with van der Waals surface area (Å²) in [6.45, 7) is -0.629. The van der Waals surface area contributed by atoms with Crippen LogP contribution < -0.4 is 10.9 Å². The van der Waals surface area contributed by atoms with Crippen LogP contribution in [0.1, 0.15) is 11.5 Å². The third kappa shape index (κ3) is 6.40. The molecule has 0 aliphatic heterocycles. The zero-order valence-corrected chi connectivity index (χ0v) is 12.0. The summed E-state index contributed by atoms with van der Waals surface area (Å²) < 4.78 is 14.9. The van der Waals surface area contributed by atoms with Crippen LogP contribution in [-0.4, -0.2) is 37.5 Å². The fourth-order valence-electron chi connectivity index (χ4n) is 1.37. The maximum absolute atomic E-state index is 11.4. The van der Waals surface area contributed by atoms with Crippen molar-refractivity contribution in [1.29, 1.82) is 0 Å². The Hall–Kier alpha value is -3.20. The second-order valence-corrected chi connectivity index (χ2v) is 4.11.